The molecule has 152 valence electrons. The Morgan fingerprint density at radius 3 is 2.32 bits per heavy atom. The highest BCUT2D eigenvalue weighted by Gasteiger charge is 2.24. The molecule has 0 aliphatic carbocycles. The highest BCUT2D eigenvalue weighted by atomic mass is 35.5. The number of benzene rings is 2. The van der Waals surface area contributed by atoms with E-state index in [1.54, 1.807) is 0 Å². The van der Waals surface area contributed by atoms with Gasteiger partial charge in [0.25, 0.3) is 0 Å². The van der Waals surface area contributed by atoms with Crippen molar-refractivity contribution < 1.29 is 13.2 Å². The van der Waals surface area contributed by atoms with Crippen LogP contribution >= 0.6 is 23.2 Å². The predicted octanol–water partition coefficient (Wildman–Crippen LogP) is 4.64. The molecule has 0 aliphatic rings. The molecule has 28 heavy (non-hydrogen) atoms. The number of nitrogens with one attached hydrogen (secondary N) is 1. The third-order valence-corrected chi connectivity index (χ3v) is 6.21. The molecule has 0 spiro atoms. The van der Waals surface area contributed by atoms with E-state index in [1.165, 1.54) is 23.8 Å². The van der Waals surface area contributed by atoms with Gasteiger partial charge in [0.05, 0.1) is 23.0 Å². The molecule has 0 fully saturated rings. The van der Waals surface area contributed by atoms with Crippen LogP contribution in [0.15, 0.2) is 36.4 Å². The summed E-state index contributed by atoms with van der Waals surface area (Å²) >= 11 is 12.0. The Labute approximate surface area is 176 Å². The Balaban J connectivity index is 2.24. The van der Waals surface area contributed by atoms with Gasteiger partial charge < -0.3 is 5.32 Å². The molecule has 5 nitrogen and oxygen atoms in total. The van der Waals surface area contributed by atoms with Crippen LogP contribution in [-0.4, -0.2) is 27.1 Å². The highest BCUT2D eigenvalue weighted by Crippen LogP contribution is 2.30. The third-order valence-electron chi connectivity index (χ3n) is 4.54. The number of rotatable bonds is 7. The first-order valence-corrected chi connectivity index (χ1v) is 11.4. The molecule has 0 aromatic heterocycles. The topological polar surface area (TPSA) is 66.5 Å². The molecule has 1 N–H and O–H groups in total. The number of amides is 1. The first kappa shape index (κ1) is 22.5. The Hall–Kier alpha value is -1.76. The molecule has 8 heteroatoms. The maximum Gasteiger partial charge on any atom is 0.241 e. The fourth-order valence-corrected chi connectivity index (χ4v) is 4.27. The maximum absolute atomic E-state index is 12.7. The smallest absolute Gasteiger partial charge is 0.241 e. The average Bonchev–Trinajstić information content (AvgIpc) is 2.60. The van der Waals surface area contributed by atoms with Crippen LogP contribution in [0.5, 0.6) is 0 Å². The number of nitrogens with zero attached hydrogens (tertiary/aromatic N) is 1. The van der Waals surface area contributed by atoms with Crippen molar-refractivity contribution in [1.29, 1.82) is 0 Å². The van der Waals surface area contributed by atoms with E-state index in [0.29, 0.717) is 11.4 Å². The molecule has 1 atom stereocenters. The molecule has 2 aromatic rings. The van der Waals surface area contributed by atoms with Crippen LogP contribution in [0, 0.1) is 13.8 Å². The quantitative estimate of drug-likeness (QED) is 0.678. The zero-order valence-corrected chi connectivity index (χ0v) is 18.6. The summed E-state index contributed by atoms with van der Waals surface area (Å²) in [5.41, 5.74) is 3.50. The summed E-state index contributed by atoms with van der Waals surface area (Å²) in [5.74, 6) is -0.415. The van der Waals surface area contributed by atoms with Gasteiger partial charge in [-0.25, -0.2) is 8.42 Å². The minimum absolute atomic E-state index is 0.159. The number of hydrogen-bond acceptors (Lipinski definition) is 3. The first-order valence-electron chi connectivity index (χ1n) is 8.82. The second-order valence-electron chi connectivity index (χ2n) is 6.74. The van der Waals surface area contributed by atoms with Crippen LogP contribution < -0.4 is 9.62 Å². The summed E-state index contributed by atoms with van der Waals surface area (Å²) in [4.78, 5) is 12.7. The Kier molecular flexibility index (Phi) is 7.37. The summed E-state index contributed by atoms with van der Waals surface area (Å²) in [6, 6.07) is 10.3. The number of halogens is 2. The van der Waals surface area contributed by atoms with Crippen molar-refractivity contribution in [3.05, 3.63) is 63.1 Å². The molecule has 0 heterocycles. The van der Waals surface area contributed by atoms with Gasteiger partial charge in [0.2, 0.25) is 15.9 Å². The molecule has 0 radical (unpaired) electrons. The van der Waals surface area contributed by atoms with Crippen molar-refractivity contribution in [2.75, 3.05) is 17.1 Å². The van der Waals surface area contributed by atoms with Gasteiger partial charge in [-0.1, -0.05) is 48.3 Å². The van der Waals surface area contributed by atoms with Gasteiger partial charge >= 0.3 is 0 Å². The fraction of sp³-hybridized carbons (Fsp3) is 0.350. The number of hydrogen-bond donors (Lipinski definition) is 1. The zero-order valence-electron chi connectivity index (χ0n) is 16.3. The summed E-state index contributed by atoms with van der Waals surface area (Å²) in [7, 11) is -3.72. The third kappa shape index (κ3) is 5.63. The number of anilines is 1. The summed E-state index contributed by atoms with van der Waals surface area (Å²) in [6.07, 6.45) is 1.71. The minimum atomic E-state index is -3.72. The van der Waals surface area contributed by atoms with Gasteiger partial charge in [0, 0.05) is 5.02 Å². The molecular formula is C20H24Cl2N2O3S. The molecule has 0 saturated heterocycles. The van der Waals surface area contributed by atoms with E-state index in [-0.39, 0.29) is 23.3 Å². The van der Waals surface area contributed by atoms with E-state index in [9.17, 15) is 13.2 Å². The molecule has 0 unspecified atom stereocenters. The Morgan fingerprint density at radius 2 is 1.79 bits per heavy atom. The number of carbonyl (C=O) groups excluding carboxylic acids is 1. The van der Waals surface area contributed by atoms with Crippen LogP contribution in [-0.2, 0) is 14.8 Å². The van der Waals surface area contributed by atoms with Gasteiger partial charge in [0.1, 0.15) is 6.54 Å². The second-order valence-corrected chi connectivity index (χ2v) is 9.49. The molecule has 0 saturated carbocycles. The van der Waals surface area contributed by atoms with E-state index in [1.807, 2.05) is 39.0 Å². The lowest BCUT2D eigenvalue weighted by molar-refractivity contribution is -0.120. The lowest BCUT2D eigenvalue weighted by Gasteiger charge is -2.25. The van der Waals surface area contributed by atoms with Crippen molar-refractivity contribution in [1.82, 2.24) is 5.32 Å². The SMILES string of the molecule is CC[C@@H](NC(=O)CN(c1ccc(Cl)cc1Cl)S(C)(=O)=O)c1ccc(C)c(C)c1. The van der Waals surface area contributed by atoms with Crippen LogP contribution in [0.1, 0.15) is 36.1 Å². The molecular weight excluding hydrogens is 419 g/mol. The normalized spacial score (nSPS) is 12.5. The van der Waals surface area contributed by atoms with Gasteiger partial charge in [0.15, 0.2) is 0 Å². The molecule has 1 amide bonds. The largest absolute Gasteiger partial charge is 0.348 e. The van der Waals surface area contributed by atoms with Crippen LogP contribution in [0.2, 0.25) is 10.0 Å². The lowest BCUT2D eigenvalue weighted by atomic mass is 9.99. The van der Waals surface area contributed by atoms with Crippen LogP contribution in [0.25, 0.3) is 0 Å². The zero-order chi connectivity index (χ0) is 21.1. The molecule has 0 bridgehead atoms. The highest BCUT2D eigenvalue weighted by molar-refractivity contribution is 7.92. The Bertz CT molecular complexity index is 977. The van der Waals surface area contributed by atoms with Crippen LogP contribution in [0.4, 0.5) is 5.69 Å². The van der Waals surface area contributed by atoms with Crippen LogP contribution in [0.3, 0.4) is 0 Å². The Morgan fingerprint density at radius 1 is 1.11 bits per heavy atom. The monoisotopic (exact) mass is 442 g/mol. The second kappa shape index (κ2) is 9.16. The van der Waals surface area contributed by atoms with E-state index >= 15 is 0 Å². The molecule has 2 rings (SSSR count). The predicted molar refractivity (Wildman–Crippen MR) is 116 cm³/mol. The fourth-order valence-electron chi connectivity index (χ4n) is 2.84. The van der Waals surface area contributed by atoms with E-state index in [4.69, 9.17) is 23.2 Å². The summed E-state index contributed by atoms with van der Waals surface area (Å²) in [6.45, 7) is 5.63. The maximum atomic E-state index is 12.7. The number of carbonyl (C=O) groups is 1. The summed E-state index contributed by atoms with van der Waals surface area (Å²) < 4.78 is 25.5. The van der Waals surface area contributed by atoms with Crippen molar-refractivity contribution >= 4 is 44.8 Å². The first-order chi connectivity index (χ1) is 13.0. The van der Waals surface area contributed by atoms with Gasteiger partial charge in [-0.15, -0.1) is 0 Å². The standard InChI is InChI=1S/C20H24Cl2N2O3S/c1-5-18(15-7-6-13(2)14(3)10-15)23-20(25)12-24(28(4,26)27)19-9-8-16(21)11-17(19)22/h6-11,18H,5,12H2,1-4H3,(H,23,25)/t18-/m1/s1. The van der Waals surface area contributed by atoms with Crippen molar-refractivity contribution in [2.24, 2.45) is 0 Å². The van der Waals surface area contributed by atoms with E-state index < -0.39 is 15.9 Å². The number of sulfonamides is 1. The van der Waals surface area contributed by atoms with Gasteiger partial charge in [-0.3, -0.25) is 9.10 Å². The van der Waals surface area contributed by atoms with E-state index in [0.717, 1.165) is 21.7 Å². The number of aryl methyl sites for hydroxylation is 2. The van der Waals surface area contributed by atoms with Crippen molar-refractivity contribution in [3.63, 3.8) is 0 Å². The van der Waals surface area contributed by atoms with Crippen molar-refractivity contribution in [3.8, 4) is 0 Å². The summed E-state index contributed by atoms with van der Waals surface area (Å²) in [5, 5.41) is 3.46. The average molecular weight is 443 g/mol. The van der Waals surface area contributed by atoms with E-state index in [2.05, 4.69) is 5.32 Å². The van der Waals surface area contributed by atoms with Gasteiger partial charge in [-0.2, -0.15) is 0 Å². The minimum Gasteiger partial charge on any atom is -0.348 e. The lowest BCUT2D eigenvalue weighted by Crippen LogP contribution is -2.41. The van der Waals surface area contributed by atoms with Crippen molar-refractivity contribution in [2.45, 2.75) is 33.2 Å². The molecule has 2 aromatic carbocycles. The van der Waals surface area contributed by atoms with Gasteiger partial charge in [-0.05, 0) is 55.2 Å². The molecule has 0 aliphatic heterocycles.